The molecule has 0 aromatic carbocycles. The number of piperidine rings is 2. The number of amides is 4. The van der Waals surface area contributed by atoms with E-state index in [0.29, 0.717) is 41.3 Å². The monoisotopic (exact) mass is 793 g/mol. The van der Waals surface area contributed by atoms with Gasteiger partial charge in [-0.25, -0.2) is 24.7 Å². The minimum Gasteiger partial charge on any atom is -0.488 e. The van der Waals surface area contributed by atoms with Crippen LogP contribution in [0, 0.1) is 28.1 Å². The van der Waals surface area contributed by atoms with Crippen LogP contribution < -0.4 is 25.6 Å². The number of urea groups is 1. The van der Waals surface area contributed by atoms with Crippen molar-refractivity contribution in [2.75, 3.05) is 49.1 Å². The first-order chi connectivity index (χ1) is 27.3. The molecule has 7 heterocycles. The zero-order chi connectivity index (χ0) is 40.2. The number of ether oxygens (including phenoxy) is 1. The fraction of sp³-hybridized carbons (Fsp3) is 0.512. The summed E-state index contributed by atoms with van der Waals surface area (Å²) in [6.45, 7) is 13.5. The molecule has 57 heavy (non-hydrogen) atoms. The van der Waals surface area contributed by atoms with Crippen molar-refractivity contribution in [1.82, 2.24) is 34.7 Å². The van der Waals surface area contributed by atoms with Crippen molar-refractivity contribution in [2.45, 2.75) is 77.9 Å². The van der Waals surface area contributed by atoms with Crippen molar-refractivity contribution in [3.8, 4) is 11.8 Å². The van der Waals surface area contributed by atoms with Crippen LogP contribution in [0.3, 0.4) is 0 Å². The van der Waals surface area contributed by atoms with Crippen molar-refractivity contribution in [3.05, 3.63) is 65.0 Å². The third-order valence-corrected chi connectivity index (χ3v) is 13.0. The predicted molar refractivity (Wildman–Crippen MR) is 214 cm³/mol. The Morgan fingerprint density at radius 1 is 1.02 bits per heavy atom. The Morgan fingerprint density at radius 3 is 2.42 bits per heavy atom. The molecule has 298 valence electrons. The number of hydrogen-bond acceptors (Lipinski definition) is 11. The summed E-state index contributed by atoms with van der Waals surface area (Å²) in [5, 5.41) is 12.7. The van der Waals surface area contributed by atoms with E-state index in [1.807, 2.05) is 30.5 Å². The minimum atomic E-state index is -0.501. The number of primary amides is 1. The van der Waals surface area contributed by atoms with Gasteiger partial charge in [-0.3, -0.25) is 19.8 Å². The highest BCUT2D eigenvalue weighted by molar-refractivity contribution is 6.31. The van der Waals surface area contributed by atoms with Gasteiger partial charge < -0.3 is 24.8 Å². The van der Waals surface area contributed by atoms with Gasteiger partial charge in [-0.1, -0.05) is 39.3 Å². The summed E-state index contributed by atoms with van der Waals surface area (Å²) in [5.74, 6) is 1.54. The number of carbonyl (C=O) groups is 3. The SMILES string of the molecule is CC1(C)C(Oc2cnc(C#N)c(Cl)c2)C(C)(C)C1c1nc(N2CCC(CN3CCC(n4ccc5c(N6CCC(=O)NC6=O)ncnc54)CC3)CC2)ccc1C(N)=O. The average molecular weight is 794 g/mol. The van der Waals surface area contributed by atoms with E-state index in [-0.39, 0.29) is 35.1 Å². The molecule has 3 aliphatic heterocycles. The molecule has 0 atom stereocenters. The van der Waals surface area contributed by atoms with Crippen LogP contribution in [0.2, 0.25) is 5.02 Å². The maximum absolute atomic E-state index is 12.8. The molecule has 16 heteroatoms. The molecule has 1 saturated carbocycles. The zero-order valence-corrected chi connectivity index (χ0v) is 33.5. The molecule has 4 aromatic rings. The van der Waals surface area contributed by atoms with Crippen LogP contribution >= 0.6 is 11.6 Å². The van der Waals surface area contributed by atoms with Crippen LogP contribution in [0.15, 0.2) is 43.0 Å². The van der Waals surface area contributed by atoms with Crippen LogP contribution in [0.4, 0.5) is 16.4 Å². The van der Waals surface area contributed by atoms with E-state index in [4.69, 9.17) is 27.1 Å². The van der Waals surface area contributed by atoms with E-state index in [0.717, 1.165) is 75.3 Å². The van der Waals surface area contributed by atoms with Crippen LogP contribution in [-0.2, 0) is 4.79 Å². The van der Waals surface area contributed by atoms with Gasteiger partial charge in [-0.15, -0.1) is 0 Å². The fourth-order valence-electron chi connectivity index (χ4n) is 10.2. The molecule has 8 rings (SSSR count). The molecule has 1 aliphatic carbocycles. The van der Waals surface area contributed by atoms with Gasteiger partial charge in [-0.2, -0.15) is 5.26 Å². The Balaban J connectivity index is 0.886. The number of likely N-dealkylation sites (tertiary alicyclic amines) is 1. The maximum atomic E-state index is 12.8. The number of nitrogens with zero attached hydrogens (tertiary/aromatic N) is 9. The summed E-state index contributed by atoms with van der Waals surface area (Å²) >= 11 is 6.26. The Labute approximate surface area is 336 Å². The van der Waals surface area contributed by atoms with E-state index in [1.54, 1.807) is 6.07 Å². The van der Waals surface area contributed by atoms with Crippen molar-refractivity contribution in [3.63, 3.8) is 0 Å². The summed E-state index contributed by atoms with van der Waals surface area (Å²) in [6, 6.07) is 9.17. The number of halogens is 1. The topological polar surface area (TPSA) is 188 Å². The summed E-state index contributed by atoms with van der Waals surface area (Å²) in [7, 11) is 0. The second-order valence-electron chi connectivity index (χ2n) is 17.0. The van der Waals surface area contributed by atoms with E-state index in [1.165, 1.54) is 17.4 Å². The van der Waals surface area contributed by atoms with Gasteiger partial charge in [0.1, 0.15) is 41.5 Å². The molecule has 15 nitrogen and oxygen atoms in total. The summed E-state index contributed by atoms with van der Waals surface area (Å²) in [6.07, 6.45) is 9.14. The van der Waals surface area contributed by atoms with Gasteiger partial charge >= 0.3 is 6.03 Å². The van der Waals surface area contributed by atoms with Crippen molar-refractivity contribution in [1.29, 1.82) is 5.26 Å². The van der Waals surface area contributed by atoms with Gasteiger partial charge in [0.2, 0.25) is 5.91 Å². The van der Waals surface area contributed by atoms with Crippen LogP contribution in [-0.4, -0.2) is 92.6 Å². The normalized spacial score (nSPS) is 22.9. The quantitative estimate of drug-likeness (QED) is 0.220. The first-order valence-electron chi connectivity index (χ1n) is 19.7. The highest BCUT2D eigenvalue weighted by atomic mass is 35.5. The number of hydrogen-bond donors (Lipinski definition) is 2. The lowest BCUT2D eigenvalue weighted by atomic mass is 9.44. The highest BCUT2D eigenvalue weighted by Gasteiger charge is 2.65. The predicted octanol–water partition coefficient (Wildman–Crippen LogP) is 5.44. The Bertz CT molecular complexity index is 2250. The molecule has 3 N–H and O–H groups in total. The lowest BCUT2D eigenvalue weighted by Crippen LogP contribution is -2.64. The third kappa shape index (κ3) is 7.03. The first-order valence-corrected chi connectivity index (χ1v) is 20.1. The average Bonchev–Trinajstić information content (AvgIpc) is 3.62. The molecular weight excluding hydrogens is 746 g/mol. The van der Waals surface area contributed by atoms with E-state index in [2.05, 4.69) is 62.3 Å². The first kappa shape index (κ1) is 38.5. The lowest BCUT2D eigenvalue weighted by molar-refractivity contribution is -0.161. The van der Waals surface area contributed by atoms with Gasteiger partial charge in [0.05, 0.1) is 27.9 Å². The number of nitrogens with two attached hydrogens (primary N) is 1. The lowest BCUT2D eigenvalue weighted by Gasteiger charge is -2.63. The van der Waals surface area contributed by atoms with Gasteiger partial charge in [0.25, 0.3) is 5.91 Å². The number of rotatable bonds is 9. The molecular formula is C41H48ClN11O4. The van der Waals surface area contributed by atoms with Crippen LogP contribution in [0.25, 0.3) is 11.0 Å². The standard InChI is InChI=1S/C41H48ClN11O4/c1-40(2)34(41(3,4)38(40)57-26-19-29(42)30(20-43)45-21-26)33-27(35(44)55)5-6-31(48-33)51-15-7-24(8-16-51)22-50-13-9-25(10-14-50)52-17-11-28-36(52)46-23-47-37(28)53-18-12-32(54)49-39(53)56/h5-6,11,17,19,21,23-25,34,38H,7-10,12-16,18,22H2,1-4H3,(H2,44,55)(H,49,54,56). The largest absolute Gasteiger partial charge is 0.488 e. The molecule has 0 unspecified atom stereocenters. The van der Waals surface area contributed by atoms with Crippen LogP contribution in [0.1, 0.15) is 93.5 Å². The molecule has 3 saturated heterocycles. The summed E-state index contributed by atoms with van der Waals surface area (Å²) in [4.78, 5) is 61.8. The van der Waals surface area contributed by atoms with Crippen molar-refractivity contribution >= 4 is 52.1 Å². The zero-order valence-electron chi connectivity index (χ0n) is 32.7. The number of nitriles is 1. The van der Waals surface area contributed by atoms with Gasteiger partial charge in [0, 0.05) is 80.7 Å². The minimum absolute atomic E-state index is 0.123. The molecule has 0 spiro atoms. The number of anilines is 2. The van der Waals surface area contributed by atoms with Crippen molar-refractivity contribution < 1.29 is 19.1 Å². The Kier molecular flexibility index (Phi) is 10.1. The number of imide groups is 1. The second-order valence-corrected chi connectivity index (χ2v) is 17.4. The summed E-state index contributed by atoms with van der Waals surface area (Å²) in [5.41, 5.74) is 7.18. The second kappa shape index (κ2) is 14.9. The highest BCUT2D eigenvalue weighted by Crippen LogP contribution is 2.65. The number of nitrogens with one attached hydrogen (secondary N) is 1. The number of aromatic nitrogens is 5. The summed E-state index contributed by atoms with van der Waals surface area (Å²) < 4.78 is 8.68. The van der Waals surface area contributed by atoms with Crippen LogP contribution in [0.5, 0.6) is 5.75 Å². The molecule has 0 bridgehead atoms. The van der Waals surface area contributed by atoms with E-state index < -0.39 is 22.8 Å². The molecule has 4 aromatic heterocycles. The number of fused-ring (bicyclic) bond motifs is 1. The van der Waals surface area contributed by atoms with Gasteiger partial charge in [-0.05, 0) is 49.8 Å². The fourth-order valence-corrected chi connectivity index (χ4v) is 10.4. The molecule has 4 amide bonds. The van der Waals surface area contributed by atoms with Gasteiger partial charge in [0.15, 0.2) is 5.69 Å². The number of carbonyl (C=O) groups excluding carboxylic acids is 3. The van der Waals surface area contributed by atoms with Crippen molar-refractivity contribution in [2.24, 2.45) is 22.5 Å². The maximum Gasteiger partial charge on any atom is 0.329 e. The van der Waals surface area contributed by atoms with E-state index in [9.17, 15) is 19.6 Å². The smallest absolute Gasteiger partial charge is 0.329 e. The molecule has 0 radical (unpaired) electrons. The third-order valence-electron chi connectivity index (χ3n) is 12.7. The van der Waals surface area contributed by atoms with E-state index >= 15 is 0 Å². The molecule has 4 fully saturated rings. The molecule has 4 aliphatic rings. The Morgan fingerprint density at radius 2 is 1.75 bits per heavy atom. The Hall–Kier alpha value is -5.33. The number of pyridine rings is 2.